The molecule has 4 nitrogen and oxygen atoms in total. The van der Waals surface area contributed by atoms with Crippen molar-refractivity contribution in [3.05, 3.63) is 35.4 Å². The number of hydrogen-bond acceptors (Lipinski definition) is 2. The highest BCUT2D eigenvalue weighted by atomic mass is 16.5. The second-order valence-electron chi connectivity index (χ2n) is 7.15. The standard InChI is InChI=1S/C19H32N2O2/c1-15(2)23-14-6-12-20-18(22)21-13-11-16-7-9-17(10-8-16)19(3,4)5/h7-10,15H,6,11-14H2,1-5H3,(H2,20,21,22). The molecule has 4 heteroatoms. The van der Waals surface area contributed by atoms with Crippen LogP contribution in [0.4, 0.5) is 4.79 Å². The molecule has 0 aliphatic rings. The van der Waals surface area contributed by atoms with E-state index in [1.54, 1.807) is 0 Å². The Kier molecular flexibility index (Phi) is 8.10. The van der Waals surface area contributed by atoms with Crippen molar-refractivity contribution in [3.63, 3.8) is 0 Å². The minimum Gasteiger partial charge on any atom is -0.379 e. The van der Waals surface area contributed by atoms with Gasteiger partial charge in [0.2, 0.25) is 0 Å². The first kappa shape index (κ1) is 19.5. The summed E-state index contributed by atoms with van der Waals surface area (Å²) in [6, 6.07) is 8.52. The first-order chi connectivity index (χ1) is 10.8. The van der Waals surface area contributed by atoms with E-state index in [9.17, 15) is 4.79 Å². The molecular weight excluding hydrogens is 288 g/mol. The highest BCUT2D eigenvalue weighted by Crippen LogP contribution is 2.22. The number of urea groups is 1. The van der Waals surface area contributed by atoms with Crippen LogP contribution >= 0.6 is 0 Å². The van der Waals surface area contributed by atoms with Gasteiger partial charge in [0.15, 0.2) is 0 Å². The number of ether oxygens (including phenoxy) is 1. The van der Waals surface area contributed by atoms with E-state index in [0.717, 1.165) is 12.8 Å². The van der Waals surface area contributed by atoms with Crippen molar-refractivity contribution in [1.29, 1.82) is 0 Å². The highest BCUT2D eigenvalue weighted by Gasteiger charge is 2.12. The van der Waals surface area contributed by atoms with Gasteiger partial charge < -0.3 is 15.4 Å². The normalized spacial score (nSPS) is 11.6. The predicted molar refractivity (Wildman–Crippen MR) is 96.0 cm³/mol. The maximum Gasteiger partial charge on any atom is 0.314 e. The molecule has 23 heavy (non-hydrogen) atoms. The predicted octanol–water partition coefficient (Wildman–Crippen LogP) is 3.64. The fourth-order valence-electron chi connectivity index (χ4n) is 2.15. The minimum absolute atomic E-state index is 0.110. The topological polar surface area (TPSA) is 50.4 Å². The molecule has 2 N–H and O–H groups in total. The number of amides is 2. The Bertz CT molecular complexity index is 461. The second kappa shape index (κ2) is 9.56. The third-order valence-corrected chi connectivity index (χ3v) is 3.58. The van der Waals surface area contributed by atoms with E-state index in [1.807, 2.05) is 13.8 Å². The fraction of sp³-hybridized carbons (Fsp3) is 0.632. The SMILES string of the molecule is CC(C)OCCCNC(=O)NCCc1ccc(C(C)(C)C)cc1. The molecule has 1 aromatic carbocycles. The molecule has 0 aromatic heterocycles. The maximum atomic E-state index is 11.7. The Morgan fingerprint density at radius 1 is 1.09 bits per heavy atom. The minimum atomic E-state index is -0.110. The molecule has 0 heterocycles. The summed E-state index contributed by atoms with van der Waals surface area (Å²) in [5.41, 5.74) is 2.75. The Balaban J connectivity index is 2.17. The Labute approximate surface area is 141 Å². The van der Waals surface area contributed by atoms with Crippen molar-refractivity contribution in [2.45, 2.75) is 59.0 Å². The molecule has 0 atom stereocenters. The summed E-state index contributed by atoms with van der Waals surface area (Å²) in [7, 11) is 0. The molecule has 0 radical (unpaired) electrons. The average Bonchev–Trinajstić information content (AvgIpc) is 2.46. The quantitative estimate of drug-likeness (QED) is 0.719. The molecule has 0 saturated heterocycles. The zero-order chi connectivity index (χ0) is 17.3. The largest absolute Gasteiger partial charge is 0.379 e. The van der Waals surface area contributed by atoms with E-state index in [-0.39, 0.29) is 17.6 Å². The summed E-state index contributed by atoms with van der Waals surface area (Å²) in [5.74, 6) is 0. The van der Waals surface area contributed by atoms with Gasteiger partial charge in [-0.1, -0.05) is 45.0 Å². The van der Waals surface area contributed by atoms with Gasteiger partial charge in [-0.3, -0.25) is 0 Å². The van der Waals surface area contributed by atoms with Crippen LogP contribution < -0.4 is 10.6 Å². The number of rotatable bonds is 8. The van der Waals surface area contributed by atoms with Crippen molar-refractivity contribution in [1.82, 2.24) is 10.6 Å². The molecular formula is C19H32N2O2. The van der Waals surface area contributed by atoms with Gasteiger partial charge in [0.05, 0.1) is 6.10 Å². The molecule has 1 rings (SSSR count). The van der Waals surface area contributed by atoms with E-state index in [0.29, 0.717) is 19.7 Å². The molecule has 0 unspecified atom stereocenters. The number of nitrogens with one attached hydrogen (secondary N) is 2. The van der Waals surface area contributed by atoms with Crippen molar-refractivity contribution in [2.75, 3.05) is 19.7 Å². The number of benzene rings is 1. The van der Waals surface area contributed by atoms with E-state index < -0.39 is 0 Å². The van der Waals surface area contributed by atoms with Gasteiger partial charge in [0.25, 0.3) is 0 Å². The zero-order valence-corrected chi connectivity index (χ0v) is 15.2. The van der Waals surface area contributed by atoms with Gasteiger partial charge in [-0.2, -0.15) is 0 Å². The van der Waals surface area contributed by atoms with Crippen LogP contribution in [0.25, 0.3) is 0 Å². The molecule has 130 valence electrons. The van der Waals surface area contributed by atoms with E-state index in [4.69, 9.17) is 4.74 Å². The lowest BCUT2D eigenvalue weighted by molar-refractivity contribution is 0.0774. The number of carbonyl (C=O) groups is 1. The smallest absolute Gasteiger partial charge is 0.314 e. The zero-order valence-electron chi connectivity index (χ0n) is 15.2. The summed E-state index contributed by atoms with van der Waals surface area (Å²) in [6.45, 7) is 12.6. The van der Waals surface area contributed by atoms with Gasteiger partial charge >= 0.3 is 6.03 Å². The summed E-state index contributed by atoms with van der Waals surface area (Å²) in [4.78, 5) is 11.7. The van der Waals surface area contributed by atoms with E-state index in [1.165, 1.54) is 11.1 Å². The lowest BCUT2D eigenvalue weighted by atomic mass is 9.86. The Morgan fingerprint density at radius 2 is 1.70 bits per heavy atom. The third-order valence-electron chi connectivity index (χ3n) is 3.58. The van der Waals surface area contributed by atoms with Crippen molar-refractivity contribution >= 4 is 6.03 Å². The molecule has 0 aliphatic heterocycles. The van der Waals surface area contributed by atoms with Gasteiger partial charge in [-0.15, -0.1) is 0 Å². The van der Waals surface area contributed by atoms with Crippen LogP contribution in [0, 0.1) is 0 Å². The Hall–Kier alpha value is -1.55. The van der Waals surface area contributed by atoms with Crippen molar-refractivity contribution in [3.8, 4) is 0 Å². The lowest BCUT2D eigenvalue weighted by Crippen LogP contribution is -2.37. The molecule has 1 aromatic rings. The van der Waals surface area contributed by atoms with E-state index in [2.05, 4.69) is 55.7 Å². The van der Waals surface area contributed by atoms with Gasteiger partial charge in [0.1, 0.15) is 0 Å². The summed E-state index contributed by atoms with van der Waals surface area (Å²) in [5, 5.41) is 5.73. The van der Waals surface area contributed by atoms with Crippen LogP contribution in [0.2, 0.25) is 0 Å². The third kappa shape index (κ3) is 8.60. The summed E-state index contributed by atoms with van der Waals surface area (Å²) in [6.07, 6.45) is 1.92. The van der Waals surface area contributed by atoms with Gasteiger partial charge in [-0.05, 0) is 43.2 Å². The maximum absolute atomic E-state index is 11.7. The molecule has 0 fully saturated rings. The summed E-state index contributed by atoms with van der Waals surface area (Å²) < 4.78 is 5.42. The summed E-state index contributed by atoms with van der Waals surface area (Å²) >= 11 is 0. The number of hydrogen-bond donors (Lipinski definition) is 2. The average molecular weight is 320 g/mol. The van der Waals surface area contributed by atoms with Crippen LogP contribution in [-0.4, -0.2) is 31.8 Å². The molecule has 2 amide bonds. The van der Waals surface area contributed by atoms with Crippen LogP contribution in [-0.2, 0) is 16.6 Å². The van der Waals surface area contributed by atoms with E-state index >= 15 is 0 Å². The van der Waals surface area contributed by atoms with Crippen LogP contribution in [0.5, 0.6) is 0 Å². The van der Waals surface area contributed by atoms with Gasteiger partial charge in [0, 0.05) is 19.7 Å². The monoisotopic (exact) mass is 320 g/mol. The Morgan fingerprint density at radius 3 is 2.26 bits per heavy atom. The molecule has 0 spiro atoms. The lowest BCUT2D eigenvalue weighted by Gasteiger charge is -2.19. The molecule has 0 aliphatic carbocycles. The first-order valence-electron chi connectivity index (χ1n) is 8.52. The van der Waals surface area contributed by atoms with Crippen LogP contribution in [0.3, 0.4) is 0 Å². The fourth-order valence-corrected chi connectivity index (χ4v) is 2.15. The number of carbonyl (C=O) groups excluding carboxylic acids is 1. The highest BCUT2D eigenvalue weighted by molar-refractivity contribution is 5.73. The van der Waals surface area contributed by atoms with Crippen LogP contribution in [0.15, 0.2) is 24.3 Å². The van der Waals surface area contributed by atoms with Gasteiger partial charge in [-0.25, -0.2) is 4.79 Å². The molecule has 0 saturated carbocycles. The first-order valence-corrected chi connectivity index (χ1v) is 8.52. The van der Waals surface area contributed by atoms with Crippen molar-refractivity contribution < 1.29 is 9.53 Å². The molecule has 0 bridgehead atoms. The van der Waals surface area contributed by atoms with Crippen molar-refractivity contribution in [2.24, 2.45) is 0 Å². The van der Waals surface area contributed by atoms with Crippen LogP contribution in [0.1, 0.15) is 52.2 Å². The second-order valence-corrected chi connectivity index (χ2v) is 7.15.